The Bertz CT molecular complexity index is 852. The van der Waals surface area contributed by atoms with E-state index in [1.54, 1.807) is 7.11 Å². The molecule has 0 bridgehead atoms. The van der Waals surface area contributed by atoms with Gasteiger partial charge in [-0.2, -0.15) is 0 Å². The number of carbonyl (C=O) groups excluding carboxylic acids is 2. The van der Waals surface area contributed by atoms with Gasteiger partial charge < -0.3 is 15.4 Å². The maximum atomic E-state index is 12.6. The van der Waals surface area contributed by atoms with Gasteiger partial charge in [-0.3, -0.25) is 14.5 Å². The standard InChI is InChI=1S/C22H30N4O3S/c1-15-5-4-10-26(12-15)13-18-14-30-22(24-18)25-21(28)11-20(23-16(2)27)17-6-8-19(29-3)9-7-17/h6-9,14-15,20H,4-5,10-13H2,1-3H3,(H,23,27)(H,24,25,28)/t15-,20+/m0/s1. The Morgan fingerprint density at radius 1 is 1.33 bits per heavy atom. The van der Waals surface area contributed by atoms with Gasteiger partial charge in [-0.15, -0.1) is 11.3 Å². The molecule has 3 rings (SSSR count). The second-order valence-corrected chi connectivity index (χ2v) is 8.76. The number of piperidine rings is 1. The zero-order valence-electron chi connectivity index (χ0n) is 17.8. The number of hydrogen-bond donors (Lipinski definition) is 2. The first-order chi connectivity index (χ1) is 14.4. The molecule has 1 saturated heterocycles. The van der Waals surface area contributed by atoms with Crippen molar-refractivity contribution in [3.63, 3.8) is 0 Å². The number of anilines is 1. The molecular weight excluding hydrogens is 400 g/mol. The van der Waals surface area contributed by atoms with Crippen molar-refractivity contribution in [2.45, 2.75) is 45.7 Å². The summed E-state index contributed by atoms with van der Waals surface area (Å²) in [4.78, 5) is 31.2. The number of aromatic nitrogens is 1. The van der Waals surface area contributed by atoms with Gasteiger partial charge in [-0.05, 0) is 43.0 Å². The summed E-state index contributed by atoms with van der Waals surface area (Å²) in [5, 5.41) is 8.33. The number of ether oxygens (including phenoxy) is 1. The SMILES string of the molecule is COc1ccc([C@@H](CC(=O)Nc2nc(CN3CCC[C@H](C)C3)cs2)NC(C)=O)cc1. The van der Waals surface area contributed by atoms with Crippen LogP contribution in [0.1, 0.15) is 50.4 Å². The van der Waals surface area contributed by atoms with Gasteiger partial charge in [0.05, 0.1) is 25.3 Å². The van der Waals surface area contributed by atoms with E-state index in [0.717, 1.165) is 42.6 Å². The maximum Gasteiger partial charge on any atom is 0.228 e. The highest BCUT2D eigenvalue weighted by Crippen LogP contribution is 2.23. The Morgan fingerprint density at radius 2 is 2.10 bits per heavy atom. The summed E-state index contributed by atoms with van der Waals surface area (Å²) in [6.45, 7) is 6.75. The molecule has 0 aliphatic carbocycles. The zero-order valence-corrected chi connectivity index (χ0v) is 18.6. The number of nitrogens with zero attached hydrogens (tertiary/aromatic N) is 2. The van der Waals surface area contributed by atoms with Gasteiger partial charge in [0, 0.05) is 25.4 Å². The average Bonchev–Trinajstić information content (AvgIpc) is 3.13. The molecule has 2 N–H and O–H groups in total. The molecule has 1 aromatic heterocycles. The number of benzene rings is 1. The Balaban J connectivity index is 1.58. The van der Waals surface area contributed by atoms with Crippen LogP contribution in [0.4, 0.5) is 5.13 Å². The van der Waals surface area contributed by atoms with Crippen LogP contribution in [-0.4, -0.2) is 41.9 Å². The zero-order chi connectivity index (χ0) is 21.5. The van der Waals surface area contributed by atoms with Crippen molar-refractivity contribution in [3.05, 3.63) is 40.9 Å². The molecular formula is C22H30N4O3S. The van der Waals surface area contributed by atoms with E-state index in [4.69, 9.17) is 4.74 Å². The van der Waals surface area contributed by atoms with Crippen LogP contribution in [0.15, 0.2) is 29.6 Å². The first-order valence-electron chi connectivity index (χ1n) is 10.3. The van der Waals surface area contributed by atoms with Crippen LogP contribution in [0.25, 0.3) is 0 Å². The quantitative estimate of drug-likeness (QED) is 0.669. The normalized spacial score (nSPS) is 17.9. The minimum Gasteiger partial charge on any atom is -0.497 e. The molecule has 0 radical (unpaired) electrons. The van der Waals surface area contributed by atoms with E-state index in [9.17, 15) is 9.59 Å². The van der Waals surface area contributed by atoms with Crippen molar-refractivity contribution >= 4 is 28.3 Å². The molecule has 2 atom stereocenters. The summed E-state index contributed by atoms with van der Waals surface area (Å²) in [5.41, 5.74) is 1.83. The summed E-state index contributed by atoms with van der Waals surface area (Å²) in [6, 6.07) is 6.93. The van der Waals surface area contributed by atoms with Gasteiger partial charge in [-0.25, -0.2) is 4.98 Å². The summed E-state index contributed by atoms with van der Waals surface area (Å²) in [7, 11) is 1.60. The van der Waals surface area contributed by atoms with Crippen molar-refractivity contribution < 1.29 is 14.3 Å². The number of rotatable bonds is 8. The number of methoxy groups -OCH3 is 1. The van der Waals surface area contributed by atoms with Gasteiger partial charge in [0.15, 0.2) is 5.13 Å². The smallest absolute Gasteiger partial charge is 0.228 e. The van der Waals surface area contributed by atoms with Crippen LogP contribution < -0.4 is 15.4 Å². The first kappa shape index (κ1) is 22.2. The summed E-state index contributed by atoms with van der Waals surface area (Å²) in [5.74, 6) is 1.08. The largest absolute Gasteiger partial charge is 0.497 e. The lowest BCUT2D eigenvalue weighted by atomic mass is 10.0. The highest BCUT2D eigenvalue weighted by Gasteiger charge is 2.20. The van der Waals surface area contributed by atoms with Crippen molar-refractivity contribution in [1.82, 2.24) is 15.2 Å². The second-order valence-electron chi connectivity index (χ2n) is 7.91. The third kappa shape index (κ3) is 6.53. The predicted octanol–water partition coefficient (Wildman–Crippen LogP) is 3.59. The molecule has 8 heteroatoms. The highest BCUT2D eigenvalue weighted by molar-refractivity contribution is 7.13. The molecule has 2 aromatic rings. The highest BCUT2D eigenvalue weighted by atomic mass is 32.1. The molecule has 0 saturated carbocycles. The van der Waals surface area contributed by atoms with Crippen LogP contribution in [0.2, 0.25) is 0 Å². The topological polar surface area (TPSA) is 83.6 Å². The summed E-state index contributed by atoms with van der Waals surface area (Å²) in [6.07, 6.45) is 2.65. The van der Waals surface area contributed by atoms with E-state index < -0.39 is 6.04 Å². The lowest BCUT2D eigenvalue weighted by Crippen LogP contribution is -2.33. The van der Waals surface area contributed by atoms with Crippen LogP contribution in [0.3, 0.4) is 0 Å². The second kappa shape index (κ2) is 10.5. The Kier molecular flexibility index (Phi) is 7.81. The molecule has 1 aliphatic rings. The van der Waals surface area contributed by atoms with Crippen LogP contribution in [-0.2, 0) is 16.1 Å². The lowest BCUT2D eigenvalue weighted by molar-refractivity contribution is -0.120. The van der Waals surface area contributed by atoms with E-state index in [1.165, 1.54) is 31.1 Å². The average molecular weight is 431 g/mol. The molecule has 1 aliphatic heterocycles. The van der Waals surface area contributed by atoms with Gasteiger partial charge >= 0.3 is 0 Å². The monoisotopic (exact) mass is 430 g/mol. The molecule has 2 amide bonds. The molecule has 30 heavy (non-hydrogen) atoms. The Hall–Kier alpha value is -2.45. The number of thiazole rings is 1. The number of carbonyl (C=O) groups is 2. The van der Waals surface area contributed by atoms with E-state index in [-0.39, 0.29) is 18.2 Å². The summed E-state index contributed by atoms with van der Waals surface area (Å²) < 4.78 is 5.18. The number of hydrogen-bond acceptors (Lipinski definition) is 6. The molecule has 2 heterocycles. The molecule has 0 spiro atoms. The number of nitrogens with one attached hydrogen (secondary N) is 2. The molecule has 1 fully saturated rings. The van der Waals surface area contributed by atoms with Gasteiger partial charge in [0.1, 0.15) is 5.75 Å². The van der Waals surface area contributed by atoms with Gasteiger partial charge in [-0.1, -0.05) is 19.1 Å². The van der Waals surface area contributed by atoms with Crippen molar-refractivity contribution in [2.75, 3.05) is 25.5 Å². The van der Waals surface area contributed by atoms with Gasteiger partial charge in [0.2, 0.25) is 11.8 Å². The van der Waals surface area contributed by atoms with E-state index in [0.29, 0.717) is 5.13 Å². The lowest BCUT2D eigenvalue weighted by Gasteiger charge is -2.30. The first-order valence-corrected chi connectivity index (χ1v) is 11.2. The Labute approximate surface area is 181 Å². The van der Waals surface area contributed by atoms with Crippen LogP contribution >= 0.6 is 11.3 Å². The minimum atomic E-state index is -0.414. The van der Waals surface area contributed by atoms with Crippen molar-refractivity contribution in [3.8, 4) is 5.75 Å². The van der Waals surface area contributed by atoms with E-state index in [1.807, 2.05) is 29.6 Å². The fraction of sp³-hybridized carbons (Fsp3) is 0.500. The molecule has 162 valence electrons. The Morgan fingerprint density at radius 3 is 2.77 bits per heavy atom. The fourth-order valence-electron chi connectivity index (χ4n) is 3.79. The maximum absolute atomic E-state index is 12.6. The number of likely N-dealkylation sites (tertiary alicyclic amines) is 1. The third-order valence-corrected chi connectivity index (χ3v) is 6.02. The fourth-order valence-corrected chi connectivity index (χ4v) is 4.50. The molecule has 1 aromatic carbocycles. The van der Waals surface area contributed by atoms with E-state index in [2.05, 4.69) is 27.4 Å². The number of amides is 2. The molecule has 0 unspecified atom stereocenters. The van der Waals surface area contributed by atoms with Gasteiger partial charge in [0.25, 0.3) is 0 Å². The molecule has 7 nitrogen and oxygen atoms in total. The van der Waals surface area contributed by atoms with E-state index >= 15 is 0 Å². The van der Waals surface area contributed by atoms with Crippen LogP contribution in [0, 0.1) is 5.92 Å². The predicted molar refractivity (Wildman–Crippen MR) is 119 cm³/mol. The minimum absolute atomic E-state index is 0.129. The van der Waals surface area contributed by atoms with Crippen molar-refractivity contribution in [2.24, 2.45) is 5.92 Å². The van der Waals surface area contributed by atoms with Crippen LogP contribution in [0.5, 0.6) is 5.75 Å². The summed E-state index contributed by atoms with van der Waals surface area (Å²) >= 11 is 1.44. The third-order valence-electron chi connectivity index (χ3n) is 5.21. The van der Waals surface area contributed by atoms with Crippen molar-refractivity contribution in [1.29, 1.82) is 0 Å².